The van der Waals surface area contributed by atoms with Gasteiger partial charge in [0.15, 0.2) is 0 Å². The fraction of sp³-hybridized carbons (Fsp3) is 0.462. The monoisotopic (exact) mass is 218 g/mol. The van der Waals surface area contributed by atoms with Crippen LogP contribution in [-0.2, 0) is 4.79 Å². The van der Waals surface area contributed by atoms with Gasteiger partial charge in [-0.2, -0.15) is 0 Å². The van der Waals surface area contributed by atoms with Crippen LogP contribution in [0.4, 0.5) is 0 Å². The third-order valence-electron chi connectivity index (χ3n) is 3.05. The Morgan fingerprint density at radius 2 is 2.19 bits per heavy atom. The summed E-state index contributed by atoms with van der Waals surface area (Å²) in [6.45, 7) is 4.49. The highest BCUT2D eigenvalue weighted by atomic mass is 16.2. The molecule has 1 unspecified atom stereocenters. The van der Waals surface area contributed by atoms with Gasteiger partial charge >= 0.3 is 0 Å². The molecule has 1 aromatic carbocycles. The van der Waals surface area contributed by atoms with Crippen molar-refractivity contribution in [3.05, 3.63) is 35.9 Å². The molecule has 0 aliphatic carbocycles. The molecule has 0 saturated carbocycles. The zero-order valence-corrected chi connectivity index (χ0v) is 9.65. The highest BCUT2D eigenvalue weighted by Crippen LogP contribution is 2.22. The molecule has 1 aromatic rings. The van der Waals surface area contributed by atoms with E-state index in [9.17, 15) is 4.79 Å². The van der Waals surface area contributed by atoms with Crippen LogP contribution in [0, 0.1) is 0 Å². The van der Waals surface area contributed by atoms with Gasteiger partial charge in [0.2, 0.25) is 5.91 Å². The lowest BCUT2D eigenvalue weighted by Crippen LogP contribution is -2.48. The average molecular weight is 218 g/mol. The van der Waals surface area contributed by atoms with Gasteiger partial charge in [0.05, 0.1) is 6.04 Å². The van der Waals surface area contributed by atoms with Crippen LogP contribution in [0.5, 0.6) is 0 Å². The summed E-state index contributed by atoms with van der Waals surface area (Å²) in [5.41, 5.74) is 1.22. The Labute approximate surface area is 96.5 Å². The Balaban J connectivity index is 2.20. The molecule has 16 heavy (non-hydrogen) atoms. The van der Waals surface area contributed by atoms with Crippen molar-refractivity contribution < 1.29 is 4.79 Å². The molecule has 1 aliphatic heterocycles. The fourth-order valence-electron chi connectivity index (χ4n) is 2.18. The van der Waals surface area contributed by atoms with Crippen LogP contribution in [0.15, 0.2) is 30.3 Å². The standard InChI is InChI=1S/C13H18N2O/c1-2-13(16)15-9-8-14-10-12(15)11-6-4-3-5-7-11/h3-7,12,14H,2,8-10H2,1H3. The van der Waals surface area contributed by atoms with Crippen LogP contribution < -0.4 is 5.32 Å². The molecule has 1 saturated heterocycles. The Bertz CT molecular complexity index is 350. The van der Waals surface area contributed by atoms with Crippen molar-refractivity contribution in [2.75, 3.05) is 19.6 Å². The summed E-state index contributed by atoms with van der Waals surface area (Å²) in [5.74, 6) is 0.246. The molecule has 1 N–H and O–H groups in total. The number of carbonyl (C=O) groups is 1. The number of piperazine rings is 1. The van der Waals surface area contributed by atoms with Gasteiger partial charge in [-0.25, -0.2) is 0 Å². The molecule has 0 aromatic heterocycles. The molecule has 1 atom stereocenters. The highest BCUT2D eigenvalue weighted by molar-refractivity contribution is 5.76. The summed E-state index contributed by atoms with van der Waals surface area (Å²) in [6.07, 6.45) is 0.587. The Morgan fingerprint density at radius 1 is 1.44 bits per heavy atom. The Hall–Kier alpha value is -1.35. The second-order valence-electron chi connectivity index (χ2n) is 4.07. The molecular weight excluding hydrogens is 200 g/mol. The summed E-state index contributed by atoms with van der Waals surface area (Å²) in [7, 11) is 0. The number of nitrogens with one attached hydrogen (secondary N) is 1. The first-order chi connectivity index (χ1) is 7.83. The van der Waals surface area contributed by atoms with Crippen molar-refractivity contribution in [3.63, 3.8) is 0 Å². The number of rotatable bonds is 2. The molecule has 1 fully saturated rings. The molecule has 0 radical (unpaired) electrons. The molecule has 1 aliphatic rings. The summed E-state index contributed by atoms with van der Waals surface area (Å²) >= 11 is 0. The van der Waals surface area contributed by atoms with E-state index in [0.29, 0.717) is 6.42 Å². The number of hydrogen-bond donors (Lipinski definition) is 1. The van der Waals surface area contributed by atoms with E-state index in [-0.39, 0.29) is 11.9 Å². The van der Waals surface area contributed by atoms with Crippen LogP contribution in [-0.4, -0.2) is 30.4 Å². The maximum atomic E-state index is 11.8. The van der Waals surface area contributed by atoms with E-state index >= 15 is 0 Å². The smallest absolute Gasteiger partial charge is 0.222 e. The average Bonchev–Trinajstić information content (AvgIpc) is 2.39. The number of hydrogen-bond acceptors (Lipinski definition) is 2. The van der Waals surface area contributed by atoms with Gasteiger partial charge in [-0.3, -0.25) is 4.79 Å². The lowest BCUT2D eigenvalue weighted by Gasteiger charge is -2.36. The van der Waals surface area contributed by atoms with E-state index < -0.39 is 0 Å². The first kappa shape index (κ1) is 11.1. The van der Waals surface area contributed by atoms with E-state index in [2.05, 4.69) is 17.4 Å². The highest BCUT2D eigenvalue weighted by Gasteiger charge is 2.26. The maximum absolute atomic E-state index is 11.8. The van der Waals surface area contributed by atoms with Crippen molar-refractivity contribution in [1.82, 2.24) is 10.2 Å². The number of carbonyl (C=O) groups excluding carboxylic acids is 1. The minimum atomic E-state index is 0.197. The van der Waals surface area contributed by atoms with E-state index in [1.165, 1.54) is 5.56 Å². The quantitative estimate of drug-likeness (QED) is 0.817. The van der Waals surface area contributed by atoms with E-state index in [4.69, 9.17) is 0 Å². The van der Waals surface area contributed by atoms with Crippen molar-refractivity contribution >= 4 is 5.91 Å². The summed E-state index contributed by atoms with van der Waals surface area (Å²) < 4.78 is 0. The number of benzene rings is 1. The Morgan fingerprint density at radius 3 is 2.88 bits per heavy atom. The first-order valence-corrected chi connectivity index (χ1v) is 5.88. The van der Waals surface area contributed by atoms with Crippen molar-refractivity contribution in [2.45, 2.75) is 19.4 Å². The van der Waals surface area contributed by atoms with Crippen molar-refractivity contribution in [3.8, 4) is 0 Å². The summed E-state index contributed by atoms with van der Waals surface area (Å²) in [4.78, 5) is 13.8. The third kappa shape index (κ3) is 2.25. The lowest BCUT2D eigenvalue weighted by molar-refractivity contribution is -0.134. The molecule has 86 valence electrons. The van der Waals surface area contributed by atoms with Crippen LogP contribution >= 0.6 is 0 Å². The summed E-state index contributed by atoms with van der Waals surface area (Å²) in [5, 5.41) is 3.35. The molecule has 3 heteroatoms. The molecule has 0 spiro atoms. The topological polar surface area (TPSA) is 32.3 Å². The fourth-order valence-corrected chi connectivity index (χ4v) is 2.18. The van der Waals surface area contributed by atoms with Crippen molar-refractivity contribution in [2.24, 2.45) is 0 Å². The SMILES string of the molecule is CCC(=O)N1CCNCC1c1ccccc1. The number of amides is 1. The second kappa shape index (κ2) is 5.12. The van der Waals surface area contributed by atoms with Gasteiger partial charge < -0.3 is 10.2 Å². The maximum Gasteiger partial charge on any atom is 0.222 e. The lowest BCUT2D eigenvalue weighted by atomic mass is 10.0. The van der Waals surface area contributed by atoms with Crippen molar-refractivity contribution in [1.29, 1.82) is 0 Å². The second-order valence-corrected chi connectivity index (χ2v) is 4.07. The number of nitrogens with zero attached hydrogens (tertiary/aromatic N) is 1. The zero-order valence-electron chi connectivity index (χ0n) is 9.65. The van der Waals surface area contributed by atoms with Crippen LogP contribution in [0.2, 0.25) is 0 Å². The molecule has 1 heterocycles. The van der Waals surface area contributed by atoms with Crippen LogP contribution in [0.1, 0.15) is 24.9 Å². The van der Waals surface area contributed by atoms with E-state index in [1.54, 1.807) is 0 Å². The minimum absolute atomic E-state index is 0.197. The molecule has 2 rings (SSSR count). The van der Waals surface area contributed by atoms with Gasteiger partial charge in [-0.05, 0) is 5.56 Å². The predicted octanol–water partition coefficient (Wildman–Crippen LogP) is 1.57. The van der Waals surface area contributed by atoms with Gasteiger partial charge in [-0.1, -0.05) is 37.3 Å². The third-order valence-corrected chi connectivity index (χ3v) is 3.05. The molecule has 3 nitrogen and oxygen atoms in total. The minimum Gasteiger partial charge on any atom is -0.333 e. The Kier molecular flexibility index (Phi) is 3.57. The first-order valence-electron chi connectivity index (χ1n) is 5.88. The zero-order chi connectivity index (χ0) is 11.4. The van der Waals surface area contributed by atoms with Gasteiger partial charge in [0.1, 0.15) is 0 Å². The predicted molar refractivity (Wildman–Crippen MR) is 64.1 cm³/mol. The normalized spacial score (nSPS) is 20.8. The van der Waals surface area contributed by atoms with Crippen LogP contribution in [0.25, 0.3) is 0 Å². The molecule has 0 bridgehead atoms. The van der Waals surface area contributed by atoms with Gasteiger partial charge in [0.25, 0.3) is 0 Å². The van der Waals surface area contributed by atoms with E-state index in [1.807, 2.05) is 30.0 Å². The molecular formula is C13H18N2O. The largest absolute Gasteiger partial charge is 0.333 e. The summed E-state index contributed by atoms with van der Waals surface area (Å²) in [6, 6.07) is 10.4. The van der Waals surface area contributed by atoms with Gasteiger partial charge in [-0.15, -0.1) is 0 Å². The van der Waals surface area contributed by atoms with Gasteiger partial charge in [0, 0.05) is 26.1 Å². The molecule has 1 amide bonds. The van der Waals surface area contributed by atoms with E-state index in [0.717, 1.165) is 19.6 Å². The van der Waals surface area contributed by atoms with Crippen LogP contribution in [0.3, 0.4) is 0 Å².